The number of nitrogens with one attached hydrogen (secondary N) is 1. The first-order valence-electron chi connectivity index (χ1n) is 9.73. The van der Waals surface area contributed by atoms with Crippen molar-refractivity contribution in [3.05, 3.63) is 59.4 Å². The van der Waals surface area contributed by atoms with E-state index < -0.39 is 0 Å². The van der Waals surface area contributed by atoms with Crippen molar-refractivity contribution in [1.82, 2.24) is 5.32 Å². The van der Waals surface area contributed by atoms with E-state index in [1.165, 1.54) is 18.6 Å². The summed E-state index contributed by atoms with van der Waals surface area (Å²) in [5.41, 5.74) is 1.88. The van der Waals surface area contributed by atoms with E-state index in [0.29, 0.717) is 23.5 Å². The zero-order valence-corrected chi connectivity index (χ0v) is 15.6. The molecule has 1 heterocycles. The molecule has 0 bridgehead atoms. The van der Waals surface area contributed by atoms with Crippen molar-refractivity contribution in [3.8, 4) is 5.75 Å². The summed E-state index contributed by atoms with van der Waals surface area (Å²) in [5, 5.41) is 3.10. The van der Waals surface area contributed by atoms with Gasteiger partial charge in [0.1, 0.15) is 11.6 Å². The average molecular weight is 382 g/mol. The maximum absolute atomic E-state index is 13.2. The van der Waals surface area contributed by atoms with Crippen LogP contribution in [0.25, 0.3) is 0 Å². The number of ether oxygens (including phenoxy) is 1. The normalized spacial score (nSPS) is 17.0. The molecule has 0 atom stereocenters. The third-order valence-corrected chi connectivity index (χ3v) is 5.36. The monoisotopic (exact) mass is 382 g/mol. The second kappa shape index (κ2) is 8.00. The molecular weight excluding hydrogens is 359 g/mol. The Balaban J connectivity index is 1.56. The Labute approximate surface area is 163 Å². The van der Waals surface area contributed by atoms with E-state index in [2.05, 4.69) is 5.32 Å². The summed E-state index contributed by atoms with van der Waals surface area (Å²) in [6.45, 7) is 0.241. The summed E-state index contributed by atoms with van der Waals surface area (Å²) in [4.78, 5) is 26.7. The predicted molar refractivity (Wildman–Crippen MR) is 104 cm³/mol. The SMILES string of the molecule is O=C(NC1CCCCC1)c1ccc2c(c1)N(Cc1ccc(F)cc1)C(=O)CO2. The predicted octanol–water partition coefficient (Wildman–Crippen LogP) is 3.81. The molecule has 0 saturated heterocycles. The molecule has 0 aromatic heterocycles. The first-order valence-corrected chi connectivity index (χ1v) is 9.73. The van der Waals surface area contributed by atoms with Crippen LogP contribution in [0.2, 0.25) is 0 Å². The van der Waals surface area contributed by atoms with E-state index in [4.69, 9.17) is 4.74 Å². The standard InChI is InChI=1S/C22H23FN2O3/c23-17-9-6-15(7-10-17)13-25-19-12-16(8-11-20(19)28-14-21(25)26)22(27)24-18-4-2-1-3-5-18/h6-12,18H,1-5,13-14H2,(H,24,27). The van der Waals surface area contributed by atoms with Crippen molar-refractivity contribution in [2.45, 2.75) is 44.7 Å². The molecule has 5 nitrogen and oxygen atoms in total. The second-order valence-electron chi connectivity index (χ2n) is 7.39. The van der Waals surface area contributed by atoms with Crippen LogP contribution < -0.4 is 15.0 Å². The fraction of sp³-hybridized carbons (Fsp3) is 0.364. The molecule has 1 fully saturated rings. The average Bonchev–Trinajstić information content (AvgIpc) is 2.72. The van der Waals surface area contributed by atoms with Gasteiger partial charge in [0.25, 0.3) is 11.8 Å². The highest BCUT2D eigenvalue weighted by atomic mass is 19.1. The Bertz CT molecular complexity index is 876. The van der Waals surface area contributed by atoms with Crippen LogP contribution in [-0.4, -0.2) is 24.5 Å². The van der Waals surface area contributed by atoms with E-state index in [1.54, 1.807) is 35.2 Å². The van der Waals surface area contributed by atoms with Crippen molar-refractivity contribution in [2.75, 3.05) is 11.5 Å². The Kier molecular flexibility index (Phi) is 5.28. The zero-order chi connectivity index (χ0) is 19.5. The van der Waals surface area contributed by atoms with Gasteiger partial charge in [-0.15, -0.1) is 0 Å². The number of amides is 2. The lowest BCUT2D eigenvalue weighted by atomic mass is 9.95. The molecule has 1 aliphatic carbocycles. The number of benzene rings is 2. The molecule has 1 saturated carbocycles. The smallest absolute Gasteiger partial charge is 0.265 e. The van der Waals surface area contributed by atoms with Gasteiger partial charge in [0.2, 0.25) is 0 Å². The van der Waals surface area contributed by atoms with Gasteiger partial charge in [0.05, 0.1) is 12.2 Å². The molecule has 2 aliphatic rings. The highest BCUT2D eigenvalue weighted by Crippen LogP contribution is 2.34. The molecule has 2 amide bonds. The van der Waals surface area contributed by atoms with E-state index in [0.717, 1.165) is 31.2 Å². The Morgan fingerprint density at radius 2 is 1.86 bits per heavy atom. The van der Waals surface area contributed by atoms with Gasteiger partial charge in [0, 0.05) is 11.6 Å². The van der Waals surface area contributed by atoms with Crippen LogP contribution >= 0.6 is 0 Å². The number of carbonyl (C=O) groups is 2. The number of hydrogen-bond acceptors (Lipinski definition) is 3. The fourth-order valence-electron chi connectivity index (χ4n) is 3.80. The van der Waals surface area contributed by atoms with Crippen LogP contribution in [0.15, 0.2) is 42.5 Å². The zero-order valence-electron chi connectivity index (χ0n) is 15.6. The summed E-state index contributed by atoms with van der Waals surface area (Å²) in [7, 11) is 0. The Hall–Kier alpha value is -2.89. The van der Waals surface area contributed by atoms with Gasteiger partial charge in [-0.2, -0.15) is 0 Å². The number of fused-ring (bicyclic) bond motifs is 1. The lowest BCUT2D eigenvalue weighted by molar-refractivity contribution is -0.121. The summed E-state index contributed by atoms with van der Waals surface area (Å²) >= 11 is 0. The summed E-state index contributed by atoms with van der Waals surface area (Å²) in [6, 6.07) is 11.4. The summed E-state index contributed by atoms with van der Waals surface area (Å²) in [5.74, 6) is -0.0776. The molecule has 0 spiro atoms. The second-order valence-corrected chi connectivity index (χ2v) is 7.39. The maximum atomic E-state index is 13.2. The molecule has 1 N–H and O–H groups in total. The van der Waals surface area contributed by atoms with Crippen molar-refractivity contribution >= 4 is 17.5 Å². The van der Waals surface area contributed by atoms with Gasteiger partial charge in [-0.3, -0.25) is 9.59 Å². The first kappa shape index (κ1) is 18.5. The molecule has 28 heavy (non-hydrogen) atoms. The number of hydrogen-bond donors (Lipinski definition) is 1. The van der Waals surface area contributed by atoms with Crippen molar-refractivity contribution in [2.24, 2.45) is 0 Å². The van der Waals surface area contributed by atoms with Crippen molar-refractivity contribution in [1.29, 1.82) is 0 Å². The quantitative estimate of drug-likeness (QED) is 0.875. The topological polar surface area (TPSA) is 58.6 Å². The van der Waals surface area contributed by atoms with Crippen LogP contribution in [0.3, 0.4) is 0 Å². The minimum absolute atomic E-state index is 0.0538. The Morgan fingerprint density at radius 1 is 1.11 bits per heavy atom. The molecule has 1 aliphatic heterocycles. The molecule has 146 valence electrons. The molecular formula is C22H23FN2O3. The lowest BCUT2D eigenvalue weighted by Gasteiger charge is -2.30. The summed E-state index contributed by atoms with van der Waals surface area (Å²) < 4.78 is 18.7. The number of anilines is 1. The number of rotatable bonds is 4. The van der Waals surface area contributed by atoms with Crippen LogP contribution in [-0.2, 0) is 11.3 Å². The van der Waals surface area contributed by atoms with Crippen LogP contribution in [0, 0.1) is 5.82 Å². The molecule has 6 heteroatoms. The first-order chi connectivity index (χ1) is 13.6. The molecule has 4 rings (SSSR count). The van der Waals surface area contributed by atoms with Gasteiger partial charge >= 0.3 is 0 Å². The van der Waals surface area contributed by atoms with Crippen LogP contribution in [0.5, 0.6) is 5.75 Å². The molecule has 0 unspecified atom stereocenters. The van der Waals surface area contributed by atoms with E-state index >= 15 is 0 Å². The Morgan fingerprint density at radius 3 is 2.61 bits per heavy atom. The molecule has 0 radical (unpaired) electrons. The van der Waals surface area contributed by atoms with Crippen molar-refractivity contribution in [3.63, 3.8) is 0 Å². The van der Waals surface area contributed by atoms with Gasteiger partial charge in [0.15, 0.2) is 6.61 Å². The molecule has 2 aromatic rings. The van der Waals surface area contributed by atoms with Gasteiger partial charge in [-0.05, 0) is 48.7 Å². The third kappa shape index (κ3) is 4.01. The largest absolute Gasteiger partial charge is 0.482 e. The van der Waals surface area contributed by atoms with Gasteiger partial charge in [-0.1, -0.05) is 31.4 Å². The van der Waals surface area contributed by atoms with Crippen LogP contribution in [0.4, 0.5) is 10.1 Å². The van der Waals surface area contributed by atoms with Crippen molar-refractivity contribution < 1.29 is 18.7 Å². The van der Waals surface area contributed by atoms with Crippen LogP contribution in [0.1, 0.15) is 48.0 Å². The van der Waals surface area contributed by atoms with E-state index in [9.17, 15) is 14.0 Å². The third-order valence-electron chi connectivity index (χ3n) is 5.36. The minimum atomic E-state index is -0.320. The highest BCUT2D eigenvalue weighted by molar-refractivity contribution is 6.01. The number of halogens is 1. The minimum Gasteiger partial charge on any atom is -0.482 e. The number of nitrogens with zero attached hydrogens (tertiary/aromatic N) is 1. The fourth-order valence-corrected chi connectivity index (χ4v) is 3.80. The highest BCUT2D eigenvalue weighted by Gasteiger charge is 2.27. The summed E-state index contributed by atoms with van der Waals surface area (Å²) in [6.07, 6.45) is 5.53. The van der Waals surface area contributed by atoms with E-state index in [-0.39, 0.29) is 30.3 Å². The lowest BCUT2D eigenvalue weighted by Crippen LogP contribution is -2.39. The number of carbonyl (C=O) groups excluding carboxylic acids is 2. The maximum Gasteiger partial charge on any atom is 0.265 e. The van der Waals surface area contributed by atoms with E-state index in [1.807, 2.05) is 0 Å². The van der Waals surface area contributed by atoms with Gasteiger partial charge in [-0.25, -0.2) is 4.39 Å². The van der Waals surface area contributed by atoms with Gasteiger partial charge < -0.3 is 15.0 Å². The molecule has 2 aromatic carbocycles.